The molecule has 2 atom stereocenters. The lowest BCUT2D eigenvalue weighted by molar-refractivity contribution is -0.384. The van der Waals surface area contributed by atoms with E-state index in [1.165, 1.54) is 45.4 Å². The third-order valence-corrected chi connectivity index (χ3v) is 6.92. The van der Waals surface area contributed by atoms with Crippen LogP contribution in [0.25, 0.3) is 0 Å². The van der Waals surface area contributed by atoms with E-state index in [2.05, 4.69) is 20.6 Å². The minimum Gasteiger partial charge on any atom is -0.494 e. The highest BCUT2D eigenvalue weighted by molar-refractivity contribution is 6.31. The number of hydrogen-bond donors (Lipinski definition) is 3. The summed E-state index contributed by atoms with van der Waals surface area (Å²) in [6.07, 6.45) is 0.596. The molecule has 14 heteroatoms. The number of rotatable bonds is 10. The molecule has 0 saturated carbocycles. The molecular formula is C27H32ClF2N7O4. The molecule has 0 aliphatic carbocycles. The third-order valence-electron chi connectivity index (χ3n) is 6.63. The number of aromatic nitrogens is 2. The first-order valence-corrected chi connectivity index (χ1v) is 13.2. The molecular weight excluding hydrogens is 560 g/mol. The van der Waals surface area contributed by atoms with Crippen LogP contribution in [0, 0.1) is 15.9 Å². The number of nitrogens with zero attached hydrogens (tertiary/aromatic N) is 5. The van der Waals surface area contributed by atoms with Gasteiger partial charge >= 0.3 is 0 Å². The maximum atomic E-state index is 14.4. The summed E-state index contributed by atoms with van der Waals surface area (Å²) in [5.41, 5.74) is -0.550. The molecule has 11 nitrogen and oxygen atoms in total. The molecule has 0 radical (unpaired) electrons. The molecule has 1 aliphatic rings. The Morgan fingerprint density at radius 1 is 1.27 bits per heavy atom. The van der Waals surface area contributed by atoms with Gasteiger partial charge in [-0.25, -0.2) is 13.8 Å². The fourth-order valence-corrected chi connectivity index (χ4v) is 5.02. The second-order valence-electron chi connectivity index (χ2n) is 10.6. The number of likely N-dealkylation sites (N-methyl/N-ethyl adjacent to an activating group) is 1. The minimum atomic E-state index is -1.39. The number of alkyl halides is 1. The predicted octanol–water partition coefficient (Wildman–Crippen LogP) is 5.38. The maximum absolute atomic E-state index is 14.4. The average molecular weight is 592 g/mol. The average Bonchev–Trinajstić information content (AvgIpc) is 3.24. The Bertz CT molecular complexity index is 1440. The maximum Gasteiger partial charge on any atom is 0.294 e. The summed E-state index contributed by atoms with van der Waals surface area (Å²) in [4.78, 5) is 23.8. The highest BCUT2D eigenvalue weighted by atomic mass is 35.5. The van der Waals surface area contributed by atoms with E-state index in [0.29, 0.717) is 12.2 Å². The number of ether oxygens (including phenoxy) is 1. The Labute approximate surface area is 241 Å². The molecule has 2 aromatic carbocycles. The molecule has 1 fully saturated rings. The Morgan fingerprint density at radius 3 is 2.63 bits per heavy atom. The minimum absolute atomic E-state index is 0.0339. The van der Waals surface area contributed by atoms with Crippen molar-refractivity contribution >= 4 is 46.1 Å². The van der Waals surface area contributed by atoms with Crippen LogP contribution in [0.5, 0.6) is 5.75 Å². The summed E-state index contributed by atoms with van der Waals surface area (Å²) in [6.45, 7) is 3.58. The van der Waals surface area contributed by atoms with Gasteiger partial charge in [0.2, 0.25) is 5.95 Å². The molecule has 0 amide bonds. The van der Waals surface area contributed by atoms with Crippen LogP contribution in [0.1, 0.15) is 25.8 Å². The van der Waals surface area contributed by atoms with Crippen molar-refractivity contribution < 1.29 is 23.5 Å². The normalized spacial score (nSPS) is 17.2. The summed E-state index contributed by atoms with van der Waals surface area (Å²) in [5.74, 6) is -0.0594. The van der Waals surface area contributed by atoms with Crippen LogP contribution < -0.4 is 20.3 Å². The Kier molecular flexibility index (Phi) is 8.80. The van der Waals surface area contributed by atoms with Gasteiger partial charge in [-0.3, -0.25) is 10.1 Å². The van der Waals surface area contributed by atoms with Gasteiger partial charge in [-0.2, -0.15) is 4.98 Å². The van der Waals surface area contributed by atoms with Crippen LogP contribution in [0.2, 0.25) is 5.02 Å². The van der Waals surface area contributed by atoms with E-state index in [1.54, 1.807) is 11.0 Å². The topological polar surface area (TPSA) is 129 Å². The number of halogens is 3. The molecule has 4 rings (SSSR count). The van der Waals surface area contributed by atoms with E-state index < -0.39 is 22.5 Å². The first-order chi connectivity index (χ1) is 19.3. The predicted molar refractivity (Wildman–Crippen MR) is 154 cm³/mol. The van der Waals surface area contributed by atoms with Gasteiger partial charge in [0.15, 0.2) is 0 Å². The van der Waals surface area contributed by atoms with Gasteiger partial charge < -0.3 is 30.3 Å². The summed E-state index contributed by atoms with van der Waals surface area (Å²) in [5, 5.41) is 28.5. The van der Waals surface area contributed by atoms with Gasteiger partial charge in [0, 0.05) is 55.1 Å². The van der Waals surface area contributed by atoms with E-state index in [4.69, 9.17) is 16.3 Å². The van der Waals surface area contributed by atoms with E-state index in [-0.39, 0.29) is 64.2 Å². The summed E-state index contributed by atoms with van der Waals surface area (Å²) in [7, 11) is 5.15. The lowest BCUT2D eigenvalue weighted by atomic mass is 9.96. The molecule has 1 aliphatic heterocycles. The fourth-order valence-electron chi connectivity index (χ4n) is 4.85. The molecule has 3 N–H and O–H groups in total. The van der Waals surface area contributed by atoms with Crippen LogP contribution in [0.15, 0.2) is 36.5 Å². The highest BCUT2D eigenvalue weighted by Crippen LogP contribution is 2.42. The first kappa shape index (κ1) is 30.2. The van der Waals surface area contributed by atoms with E-state index >= 15 is 0 Å². The van der Waals surface area contributed by atoms with Gasteiger partial charge in [0.25, 0.3) is 5.69 Å². The number of nitrogens with one attached hydrogen (secondary N) is 2. The van der Waals surface area contributed by atoms with Crippen molar-refractivity contribution in [3.63, 3.8) is 0 Å². The zero-order valence-electron chi connectivity index (χ0n) is 23.3. The molecule has 1 saturated heterocycles. The number of methoxy groups -OCH3 is 1. The van der Waals surface area contributed by atoms with Crippen LogP contribution in [0.3, 0.4) is 0 Å². The van der Waals surface area contributed by atoms with Crippen LogP contribution >= 0.6 is 11.6 Å². The van der Waals surface area contributed by atoms with Crippen LogP contribution in [-0.4, -0.2) is 71.4 Å². The van der Waals surface area contributed by atoms with Crippen molar-refractivity contribution in [1.82, 2.24) is 14.9 Å². The summed E-state index contributed by atoms with van der Waals surface area (Å²) in [6, 6.07) is 6.61. The molecule has 2 heterocycles. The van der Waals surface area contributed by atoms with Crippen molar-refractivity contribution in [2.45, 2.75) is 38.1 Å². The Hall–Kier alpha value is -3.81. The van der Waals surface area contributed by atoms with E-state index in [1.807, 2.05) is 19.0 Å². The van der Waals surface area contributed by atoms with Crippen molar-refractivity contribution in [3.8, 4) is 5.75 Å². The van der Waals surface area contributed by atoms with Crippen LogP contribution in [0.4, 0.5) is 43.3 Å². The van der Waals surface area contributed by atoms with Crippen molar-refractivity contribution in [1.29, 1.82) is 0 Å². The molecule has 220 valence electrons. The zero-order chi connectivity index (χ0) is 30.1. The largest absolute Gasteiger partial charge is 0.494 e. The van der Waals surface area contributed by atoms with Crippen molar-refractivity contribution in [2.75, 3.05) is 49.8 Å². The fraction of sp³-hybridized carbons (Fsp3) is 0.407. The number of hydrogen-bond acceptors (Lipinski definition) is 10. The molecule has 0 spiro atoms. The van der Waals surface area contributed by atoms with Crippen molar-refractivity contribution in [2.24, 2.45) is 0 Å². The highest BCUT2D eigenvalue weighted by Gasteiger charge is 2.36. The second-order valence-corrected chi connectivity index (χ2v) is 11.0. The number of nitro groups is 1. The lowest BCUT2D eigenvalue weighted by Gasteiger charge is -2.29. The third kappa shape index (κ3) is 6.92. The number of aliphatic hydroxyl groups is 1. The van der Waals surface area contributed by atoms with E-state index in [0.717, 1.165) is 6.07 Å². The smallest absolute Gasteiger partial charge is 0.294 e. The summed E-state index contributed by atoms with van der Waals surface area (Å²) < 4.78 is 34.1. The number of nitro benzene ring substituents is 1. The number of anilines is 5. The van der Waals surface area contributed by atoms with Gasteiger partial charge in [0.05, 0.1) is 28.3 Å². The quantitative estimate of drug-likeness (QED) is 0.209. The SMILES string of the molecule is COc1cc(N2C[C@H](F)C[C@@H]2CN(C)C)c([N+](=O)[O-])cc1Nc1nccc(Nc2cc(Cl)c(F)cc2C(C)(C)O)n1. The molecule has 41 heavy (non-hydrogen) atoms. The second kappa shape index (κ2) is 12.0. The first-order valence-electron chi connectivity index (χ1n) is 12.8. The molecule has 3 aromatic rings. The number of benzene rings is 2. The van der Waals surface area contributed by atoms with Crippen molar-refractivity contribution in [3.05, 3.63) is 63.0 Å². The summed E-state index contributed by atoms with van der Waals surface area (Å²) >= 11 is 5.98. The zero-order valence-corrected chi connectivity index (χ0v) is 24.0. The Morgan fingerprint density at radius 2 is 2.00 bits per heavy atom. The lowest BCUT2D eigenvalue weighted by Crippen LogP contribution is -2.37. The van der Waals surface area contributed by atoms with Crippen LogP contribution in [-0.2, 0) is 5.60 Å². The van der Waals surface area contributed by atoms with Gasteiger partial charge in [-0.1, -0.05) is 11.6 Å². The molecule has 0 bridgehead atoms. The monoisotopic (exact) mass is 591 g/mol. The molecule has 0 unspecified atom stereocenters. The Balaban J connectivity index is 1.67. The van der Waals surface area contributed by atoms with Gasteiger partial charge in [-0.15, -0.1) is 0 Å². The molecule has 1 aromatic heterocycles. The van der Waals surface area contributed by atoms with E-state index in [9.17, 15) is 24.0 Å². The van der Waals surface area contributed by atoms with Gasteiger partial charge in [-0.05, 0) is 46.1 Å². The van der Waals surface area contributed by atoms with Gasteiger partial charge in [0.1, 0.15) is 29.2 Å². The standard InChI is InChI=1S/C27H32ClF2N7O4/c1-27(2,38)17-9-19(30)18(28)10-20(17)32-25-6-7-31-26(34-25)33-21-11-23(37(39)40)22(12-24(21)41-5)36-13-15(29)8-16(36)14-35(3)4/h6-7,9-12,15-16,38H,8,13-14H2,1-5H3,(H2,31,32,33,34)/t15-,16-/m1/s1.